The largest absolute Gasteiger partial charge is 0.490 e. The molecular weight excluding hydrogens is 284 g/mol. The molecule has 0 amide bonds. The number of methoxy groups -OCH3 is 1. The van der Waals surface area contributed by atoms with Crippen molar-refractivity contribution in [3.63, 3.8) is 0 Å². The lowest BCUT2D eigenvalue weighted by atomic mass is 9.90. The first-order valence-electron chi connectivity index (χ1n) is 7.58. The standard InChI is InChI=1S/C17H20O5/c1-20-9-11(18)10-21-14-7-4-8-15-16(14)12-5-2-3-6-13(12)17(19)22-15/h4,7-8,11,18H,2-3,5-6,9-10H2,1H3. The zero-order valence-electron chi connectivity index (χ0n) is 12.6. The molecule has 22 heavy (non-hydrogen) atoms. The van der Waals surface area contributed by atoms with Gasteiger partial charge in [-0.1, -0.05) is 6.07 Å². The van der Waals surface area contributed by atoms with E-state index >= 15 is 0 Å². The molecule has 5 heteroatoms. The van der Waals surface area contributed by atoms with Crippen LogP contribution in [0.5, 0.6) is 5.75 Å². The molecule has 0 saturated heterocycles. The summed E-state index contributed by atoms with van der Waals surface area (Å²) in [5, 5.41) is 10.6. The van der Waals surface area contributed by atoms with Crippen molar-refractivity contribution in [3.05, 3.63) is 39.7 Å². The first-order valence-corrected chi connectivity index (χ1v) is 7.58. The molecule has 0 radical (unpaired) electrons. The molecule has 1 unspecified atom stereocenters. The highest BCUT2D eigenvalue weighted by Gasteiger charge is 2.20. The Balaban J connectivity index is 2.02. The third-order valence-corrected chi connectivity index (χ3v) is 4.00. The summed E-state index contributed by atoms with van der Waals surface area (Å²) in [7, 11) is 1.53. The second-order valence-electron chi connectivity index (χ2n) is 5.60. The van der Waals surface area contributed by atoms with Crippen molar-refractivity contribution < 1.29 is 19.0 Å². The van der Waals surface area contributed by atoms with E-state index in [9.17, 15) is 9.90 Å². The molecule has 1 heterocycles. The van der Waals surface area contributed by atoms with Gasteiger partial charge >= 0.3 is 5.63 Å². The normalized spacial score (nSPS) is 15.5. The van der Waals surface area contributed by atoms with E-state index in [1.807, 2.05) is 6.07 Å². The molecule has 118 valence electrons. The number of hydrogen-bond acceptors (Lipinski definition) is 5. The molecule has 1 aromatic heterocycles. The molecule has 3 rings (SSSR count). The first kappa shape index (κ1) is 15.1. The van der Waals surface area contributed by atoms with Crippen LogP contribution in [0.2, 0.25) is 0 Å². The maximum atomic E-state index is 12.1. The van der Waals surface area contributed by atoms with Crippen LogP contribution >= 0.6 is 0 Å². The number of ether oxygens (including phenoxy) is 2. The van der Waals surface area contributed by atoms with Gasteiger partial charge in [0.15, 0.2) is 0 Å². The zero-order chi connectivity index (χ0) is 15.5. The fraction of sp³-hybridized carbons (Fsp3) is 0.471. The van der Waals surface area contributed by atoms with Crippen molar-refractivity contribution in [3.8, 4) is 5.75 Å². The third-order valence-electron chi connectivity index (χ3n) is 4.00. The monoisotopic (exact) mass is 304 g/mol. The predicted molar refractivity (Wildman–Crippen MR) is 82.5 cm³/mol. The molecule has 1 atom stereocenters. The van der Waals surface area contributed by atoms with Gasteiger partial charge in [0, 0.05) is 12.7 Å². The highest BCUT2D eigenvalue weighted by Crippen LogP contribution is 2.33. The Morgan fingerprint density at radius 1 is 1.23 bits per heavy atom. The molecule has 0 bridgehead atoms. The van der Waals surface area contributed by atoms with Crippen molar-refractivity contribution in [2.75, 3.05) is 20.3 Å². The predicted octanol–water partition coefficient (Wildman–Crippen LogP) is 2.06. The Kier molecular flexibility index (Phi) is 4.45. The zero-order valence-corrected chi connectivity index (χ0v) is 12.6. The topological polar surface area (TPSA) is 68.9 Å². The van der Waals surface area contributed by atoms with Crippen LogP contribution in [0.1, 0.15) is 24.0 Å². The van der Waals surface area contributed by atoms with Gasteiger partial charge in [0.05, 0.1) is 12.0 Å². The number of aliphatic hydroxyl groups excluding tert-OH is 1. The summed E-state index contributed by atoms with van der Waals surface area (Å²) in [5.74, 6) is 0.648. The number of rotatable bonds is 5. The summed E-state index contributed by atoms with van der Waals surface area (Å²) in [6, 6.07) is 5.42. The lowest BCUT2D eigenvalue weighted by Crippen LogP contribution is -2.23. The molecule has 1 N–H and O–H groups in total. The Labute approximate surface area is 128 Å². The van der Waals surface area contributed by atoms with Gasteiger partial charge < -0.3 is 19.0 Å². The molecule has 0 aliphatic heterocycles. The van der Waals surface area contributed by atoms with Gasteiger partial charge in [-0.15, -0.1) is 0 Å². The Hall–Kier alpha value is -1.85. The molecule has 1 aliphatic carbocycles. The van der Waals surface area contributed by atoms with Gasteiger partial charge in [-0.3, -0.25) is 0 Å². The molecule has 0 spiro atoms. The summed E-state index contributed by atoms with van der Waals surface area (Å²) < 4.78 is 16.1. The number of aryl methyl sites for hydroxylation is 1. The van der Waals surface area contributed by atoms with E-state index in [0.717, 1.165) is 42.2 Å². The first-order chi connectivity index (χ1) is 10.7. The summed E-state index contributed by atoms with van der Waals surface area (Å²) >= 11 is 0. The maximum Gasteiger partial charge on any atom is 0.339 e. The van der Waals surface area contributed by atoms with Crippen LogP contribution in [0, 0.1) is 0 Å². The highest BCUT2D eigenvalue weighted by molar-refractivity contribution is 5.87. The van der Waals surface area contributed by atoms with Crippen molar-refractivity contribution in [2.24, 2.45) is 0 Å². The number of fused-ring (bicyclic) bond motifs is 3. The van der Waals surface area contributed by atoms with E-state index in [2.05, 4.69) is 0 Å². The van der Waals surface area contributed by atoms with E-state index in [1.165, 1.54) is 7.11 Å². The van der Waals surface area contributed by atoms with Crippen LogP contribution in [0.3, 0.4) is 0 Å². The number of benzene rings is 1. The average molecular weight is 304 g/mol. The third kappa shape index (κ3) is 2.87. The van der Waals surface area contributed by atoms with Crippen LogP contribution < -0.4 is 10.4 Å². The van der Waals surface area contributed by atoms with Gasteiger partial charge in [-0.25, -0.2) is 4.79 Å². The lowest BCUT2D eigenvalue weighted by Gasteiger charge is -2.19. The van der Waals surface area contributed by atoms with E-state index in [4.69, 9.17) is 13.9 Å². The quantitative estimate of drug-likeness (QED) is 0.856. The van der Waals surface area contributed by atoms with Crippen LogP contribution in [-0.2, 0) is 17.6 Å². The van der Waals surface area contributed by atoms with Gasteiger partial charge in [-0.05, 0) is 43.4 Å². The van der Waals surface area contributed by atoms with Crippen LogP contribution in [-0.4, -0.2) is 31.5 Å². The minimum atomic E-state index is -0.688. The summed E-state index contributed by atoms with van der Waals surface area (Å²) in [6.07, 6.45) is 3.00. The lowest BCUT2D eigenvalue weighted by molar-refractivity contribution is 0.0329. The van der Waals surface area contributed by atoms with E-state index in [-0.39, 0.29) is 18.8 Å². The Bertz CT molecular complexity index is 719. The maximum absolute atomic E-state index is 12.1. The minimum absolute atomic E-state index is 0.140. The van der Waals surface area contributed by atoms with Crippen LogP contribution in [0.25, 0.3) is 11.0 Å². The average Bonchev–Trinajstić information content (AvgIpc) is 2.53. The SMILES string of the molecule is COCC(O)COc1cccc2oc(=O)c3c(c12)CCCC3. The summed E-state index contributed by atoms with van der Waals surface area (Å²) in [6.45, 7) is 0.360. The summed E-state index contributed by atoms with van der Waals surface area (Å²) in [5.41, 5.74) is 2.12. The molecule has 1 aromatic carbocycles. The van der Waals surface area contributed by atoms with Crippen molar-refractivity contribution in [2.45, 2.75) is 31.8 Å². The van der Waals surface area contributed by atoms with Gasteiger partial charge in [-0.2, -0.15) is 0 Å². The highest BCUT2D eigenvalue weighted by atomic mass is 16.5. The molecule has 0 saturated carbocycles. The van der Waals surface area contributed by atoms with E-state index < -0.39 is 6.10 Å². The van der Waals surface area contributed by atoms with Gasteiger partial charge in [0.25, 0.3) is 0 Å². The van der Waals surface area contributed by atoms with Crippen molar-refractivity contribution >= 4 is 11.0 Å². The second kappa shape index (κ2) is 6.50. The molecular formula is C17H20O5. The molecule has 2 aromatic rings. The summed E-state index contributed by atoms with van der Waals surface area (Å²) in [4.78, 5) is 12.1. The minimum Gasteiger partial charge on any atom is -0.490 e. The molecule has 1 aliphatic rings. The van der Waals surface area contributed by atoms with Gasteiger partial charge in [0.1, 0.15) is 24.0 Å². The smallest absolute Gasteiger partial charge is 0.339 e. The second-order valence-corrected chi connectivity index (χ2v) is 5.60. The number of hydrogen-bond donors (Lipinski definition) is 1. The number of aliphatic hydroxyl groups is 1. The molecule has 0 fully saturated rings. The van der Waals surface area contributed by atoms with E-state index in [0.29, 0.717) is 11.3 Å². The fourth-order valence-corrected chi connectivity index (χ4v) is 3.01. The van der Waals surface area contributed by atoms with E-state index in [1.54, 1.807) is 12.1 Å². The van der Waals surface area contributed by atoms with Gasteiger partial charge in [0.2, 0.25) is 0 Å². The Morgan fingerprint density at radius 2 is 2.00 bits per heavy atom. The van der Waals surface area contributed by atoms with Crippen LogP contribution in [0.15, 0.2) is 27.4 Å². The van der Waals surface area contributed by atoms with Crippen molar-refractivity contribution in [1.82, 2.24) is 0 Å². The van der Waals surface area contributed by atoms with Crippen LogP contribution in [0.4, 0.5) is 0 Å². The fourth-order valence-electron chi connectivity index (χ4n) is 3.01. The Morgan fingerprint density at radius 3 is 2.77 bits per heavy atom. The molecule has 5 nitrogen and oxygen atoms in total. The van der Waals surface area contributed by atoms with Crippen molar-refractivity contribution in [1.29, 1.82) is 0 Å².